The molecule has 1 rings (SSSR count). The van der Waals surface area contributed by atoms with Crippen molar-refractivity contribution in [3.05, 3.63) is 35.4 Å². The molecule has 3 unspecified atom stereocenters. The highest BCUT2D eigenvalue weighted by molar-refractivity contribution is 8.00. The van der Waals surface area contributed by atoms with Crippen LogP contribution in [0.1, 0.15) is 44.1 Å². The number of benzene rings is 1. The Labute approximate surface area is 110 Å². The Morgan fingerprint density at radius 1 is 1.12 bits per heavy atom. The lowest BCUT2D eigenvalue weighted by atomic mass is 10.0. The van der Waals surface area contributed by atoms with E-state index in [0.29, 0.717) is 16.4 Å². The topological polar surface area (TPSA) is 26.0 Å². The smallest absolute Gasteiger partial charge is 0.0448 e. The molecule has 0 spiro atoms. The first kappa shape index (κ1) is 14.6. The number of thioether (sulfide) groups is 1. The maximum Gasteiger partial charge on any atom is 0.0448 e. The maximum absolute atomic E-state index is 6.15. The van der Waals surface area contributed by atoms with E-state index in [1.807, 2.05) is 11.8 Å². The second-order valence-corrected chi connectivity index (χ2v) is 6.80. The number of hydrogen-bond acceptors (Lipinski definition) is 2. The van der Waals surface area contributed by atoms with Crippen molar-refractivity contribution in [3.63, 3.8) is 0 Å². The van der Waals surface area contributed by atoms with Gasteiger partial charge in [0.05, 0.1) is 0 Å². The minimum absolute atomic E-state index is 0.183. The van der Waals surface area contributed by atoms with Crippen molar-refractivity contribution in [2.45, 2.75) is 51.2 Å². The highest BCUT2D eigenvalue weighted by atomic mass is 32.2. The highest BCUT2D eigenvalue weighted by Gasteiger charge is 2.21. The Morgan fingerprint density at radius 3 is 2.24 bits per heavy atom. The molecule has 0 radical (unpaired) electrons. The van der Waals surface area contributed by atoms with Crippen LogP contribution < -0.4 is 5.73 Å². The van der Waals surface area contributed by atoms with Crippen LogP contribution in [0.4, 0.5) is 0 Å². The van der Waals surface area contributed by atoms with Crippen molar-refractivity contribution < 1.29 is 0 Å². The van der Waals surface area contributed by atoms with Gasteiger partial charge in [-0.05, 0) is 25.3 Å². The van der Waals surface area contributed by atoms with Gasteiger partial charge in [-0.1, -0.05) is 50.6 Å². The van der Waals surface area contributed by atoms with E-state index in [4.69, 9.17) is 5.73 Å². The van der Waals surface area contributed by atoms with E-state index in [1.54, 1.807) is 0 Å². The van der Waals surface area contributed by atoms with Gasteiger partial charge in [0.1, 0.15) is 0 Å². The zero-order chi connectivity index (χ0) is 13.0. The molecule has 0 fully saturated rings. The molecule has 1 aromatic rings. The molecule has 2 heteroatoms. The third kappa shape index (κ3) is 4.36. The number of nitrogens with two attached hydrogens (primary N) is 1. The molecule has 0 bridgehead atoms. The van der Waals surface area contributed by atoms with E-state index in [2.05, 4.69) is 58.9 Å². The summed E-state index contributed by atoms with van der Waals surface area (Å²) in [6, 6.07) is 8.90. The van der Waals surface area contributed by atoms with Crippen molar-refractivity contribution in [1.29, 1.82) is 0 Å². The van der Waals surface area contributed by atoms with Crippen molar-refractivity contribution in [2.75, 3.05) is 0 Å². The second-order valence-electron chi connectivity index (χ2n) is 5.28. The Kier molecular flexibility index (Phi) is 5.54. The van der Waals surface area contributed by atoms with Gasteiger partial charge in [0.15, 0.2) is 0 Å². The molecule has 1 nitrogen and oxygen atoms in total. The van der Waals surface area contributed by atoms with E-state index in [1.165, 1.54) is 11.1 Å². The average molecular weight is 251 g/mol. The van der Waals surface area contributed by atoms with Gasteiger partial charge >= 0.3 is 0 Å². The first-order valence-corrected chi connectivity index (χ1v) is 7.33. The van der Waals surface area contributed by atoms with Crippen LogP contribution in [0, 0.1) is 12.8 Å². The van der Waals surface area contributed by atoms with Crippen molar-refractivity contribution in [2.24, 2.45) is 11.7 Å². The van der Waals surface area contributed by atoms with Crippen LogP contribution in [-0.4, -0.2) is 11.3 Å². The average Bonchev–Trinajstić information content (AvgIpc) is 2.24. The molecule has 0 saturated heterocycles. The van der Waals surface area contributed by atoms with Crippen molar-refractivity contribution >= 4 is 11.8 Å². The van der Waals surface area contributed by atoms with E-state index in [0.717, 1.165) is 0 Å². The Morgan fingerprint density at radius 2 is 1.76 bits per heavy atom. The molecule has 2 N–H and O–H groups in total. The van der Waals surface area contributed by atoms with E-state index < -0.39 is 0 Å². The predicted octanol–water partition coefficient (Wildman–Crippen LogP) is 4.16. The fourth-order valence-electron chi connectivity index (χ4n) is 1.74. The van der Waals surface area contributed by atoms with Crippen molar-refractivity contribution in [1.82, 2.24) is 0 Å². The third-order valence-electron chi connectivity index (χ3n) is 3.15. The number of rotatable bonds is 5. The zero-order valence-corrected chi connectivity index (χ0v) is 12.4. The molecule has 3 atom stereocenters. The summed E-state index contributed by atoms with van der Waals surface area (Å²) in [4.78, 5) is 0. The van der Waals surface area contributed by atoms with Crippen LogP contribution >= 0.6 is 11.8 Å². The number of aryl methyl sites for hydroxylation is 1. The van der Waals surface area contributed by atoms with Crippen LogP contribution in [0.25, 0.3) is 0 Å². The summed E-state index contributed by atoms with van der Waals surface area (Å²) in [6.45, 7) is 11.1. The summed E-state index contributed by atoms with van der Waals surface area (Å²) < 4.78 is 0. The lowest BCUT2D eigenvalue weighted by Crippen LogP contribution is -2.25. The summed E-state index contributed by atoms with van der Waals surface area (Å²) in [7, 11) is 0. The van der Waals surface area contributed by atoms with Gasteiger partial charge in [-0.2, -0.15) is 0 Å². The molecule has 96 valence electrons. The molecule has 0 aromatic heterocycles. The fraction of sp³-hybridized carbons (Fsp3) is 0.600. The first-order chi connectivity index (χ1) is 7.91. The summed E-state index contributed by atoms with van der Waals surface area (Å²) in [5, 5.41) is 1.03. The maximum atomic E-state index is 6.15. The molecular weight excluding hydrogens is 226 g/mol. The summed E-state index contributed by atoms with van der Waals surface area (Å²) in [5.74, 6) is 0.686. The zero-order valence-electron chi connectivity index (χ0n) is 11.6. The molecule has 0 aliphatic rings. The minimum Gasteiger partial charge on any atom is -0.327 e. The van der Waals surface area contributed by atoms with Gasteiger partial charge in [0.25, 0.3) is 0 Å². The molecule has 0 amide bonds. The van der Waals surface area contributed by atoms with Crippen LogP contribution in [-0.2, 0) is 0 Å². The Bertz CT molecular complexity index is 347. The molecule has 0 aliphatic heterocycles. The van der Waals surface area contributed by atoms with Gasteiger partial charge in [-0.3, -0.25) is 0 Å². The lowest BCUT2D eigenvalue weighted by molar-refractivity contribution is 0.631. The largest absolute Gasteiger partial charge is 0.327 e. The summed E-state index contributed by atoms with van der Waals surface area (Å²) >= 11 is 2.00. The van der Waals surface area contributed by atoms with Gasteiger partial charge in [0, 0.05) is 16.5 Å². The molecule has 0 aliphatic carbocycles. The second kappa shape index (κ2) is 6.46. The monoisotopic (exact) mass is 251 g/mol. The SMILES string of the molecule is Cc1cccc(C(SC(C)C(C)C)C(C)N)c1. The molecule has 17 heavy (non-hydrogen) atoms. The Hall–Kier alpha value is -0.470. The molecule has 0 heterocycles. The summed E-state index contributed by atoms with van der Waals surface area (Å²) in [5.41, 5.74) is 8.82. The van der Waals surface area contributed by atoms with Crippen LogP contribution in [0.15, 0.2) is 24.3 Å². The number of hydrogen-bond donors (Lipinski definition) is 1. The van der Waals surface area contributed by atoms with Gasteiger partial charge < -0.3 is 5.73 Å². The van der Waals surface area contributed by atoms with Gasteiger partial charge in [-0.25, -0.2) is 0 Å². The fourth-order valence-corrected chi connectivity index (χ4v) is 3.07. The molecule has 0 saturated carbocycles. The first-order valence-electron chi connectivity index (χ1n) is 6.39. The minimum atomic E-state index is 0.183. The normalized spacial score (nSPS) is 16.9. The van der Waals surface area contributed by atoms with E-state index in [-0.39, 0.29) is 6.04 Å². The van der Waals surface area contributed by atoms with Gasteiger partial charge in [-0.15, -0.1) is 11.8 Å². The molecular formula is C15H25NS. The van der Waals surface area contributed by atoms with Crippen LogP contribution in [0.3, 0.4) is 0 Å². The van der Waals surface area contributed by atoms with E-state index >= 15 is 0 Å². The standard InChI is InChI=1S/C15H25NS/c1-10(2)13(5)17-15(12(4)16)14-8-6-7-11(3)9-14/h6-10,12-13,15H,16H2,1-5H3. The lowest BCUT2D eigenvalue weighted by Gasteiger charge is -2.26. The van der Waals surface area contributed by atoms with Crippen molar-refractivity contribution in [3.8, 4) is 0 Å². The quantitative estimate of drug-likeness (QED) is 0.850. The van der Waals surface area contributed by atoms with Crippen LogP contribution in [0.5, 0.6) is 0 Å². The van der Waals surface area contributed by atoms with Crippen LogP contribution in [0.2, 0.25) is 0 Å². The van der Waals surface area contributed by atoms with E-state index in [9.17, 15) is 0 Å². The summed E-state index contributed by atoms with van der Waals surface area (Å²) in [6.07, 6.45) is 0. The third-order valence-corrected chi connectivity index (χ3v) is 5.12. The molecule has 1 aromatic carbocycles. The highest BCUT2D eigenvalue weighted by Crippen LogP contribution is 2.37. The van der Waals surface area contributed by atoms with Gasteiger partial charge in [0.2, 0.25) is 0 Å². The Balaban J connectivity index is 2.86. The predicted molar refractivity (Wildman–Crippen MR) is 79.5 cm³/mol.